The first-order valence-corrected chi connectivity index (χ1v) is 10.3. The van der Waals surface area contributed by atoms with Crippen molar-refractivity contribution in [2.45, 2.75) is 6.42 Å². The lowest BCUT2D eigenvalue weighted by atomic mass is 10.2. The maximum Gasteiger partial charge on any atom is 0.257 e. The number of benzene rings is 3. The Morgan fingerprint density at radius 2 is 1.71 bits per heavy atom. The molecule has 2 N–H and O–H groups in total. The average Bonchev–Trinajstić information content (AvgIpc) is 2.79. The van der Waals surface area contributed by atoms with Crippen molar-refractivity contribution in [3.63, 3.8) is 0 Å². The molecule has 5 nitrogen and oxygen atoms in total. The van der Waals surface area contributed by atoms with E-state index in [1.165, 1.54) is 5.56 Å². The number of ether oxygens (including phenoxy) is 2. The van der Waals surface area contributed by atoms with Crippen LogP contribution in [-0.2, 0) is 6.42 Å². The largest absolute Gasteiger partial charge is 0.493 e. The van der Waals surface area contributed by atoms with Crippen LogP contribution < -0.4 is 20.1 Å². The van der Waals surface area contributed by atoms with Gasteiger partial charge in [-0.05, 0) is 54.2 Å². The minimum atomic E-state index is -0.299. The average molecular weight is 433 g/mol. The monoisotopic (exact) mass is 432 g/mol. The Hall–Kier alpha value is -3.64. The molecule has 0 unspecified atom stereocenters. The zero-order chi connectivity index (χ0) is 21.9. The third-order valence-electron chi connectivity index (χ3n) is 4.31. The third kappa shape index (κ3) is 7.28. The van der Waals surface area contributed by atoms with Gasteiger partial charge in [0, 0.05) is 23.7 Å². The van der Waals surface area contributed by atoms with Gasteiger partial charge in [0.1, 0.15) is 18.1 Å². The van der Waals surface area contributed by atoms with Gasteiger partial charge in [-0.2, -0.15) is 0 Å². The molecule has 0 aliphatic heterocycles. The predicted molar refractivity (Wildman–Crippen MR) is 128 cm³/mol. The van der Waals surface area contributed by atoms with Gasteiger partial charge in [-0.15, -0.1) is 0 Å². The maximum atomic E-state index is 12.4. The Kier molecular flexibility index (Phi) is 8.20. The van der Waals surface area contributed by atoms with E-state index in [-0.39, 0.29) is 11.0 Å². The van der Waals surface area contributed by atoms with Crippen molar-refractivity contribution in [2.75, 3.05) is 18.5 Å². The van der Waals surface area contributed by atoms with Crippen molar-refractivity contribution in [1.82, 2.24) is 5.32 Å². The summed E-state index contributed by atoms with van der Waals surface area (Å²) in [6, 6.07) is 24.4. The van der Waals surface area contributed by atoms with Crippen LogP contribution in [0.1, 0.15) is 15.9 Å². The van der Waals surface area contributed by atoms with E-state index in [0.717, 1.165) is 6.42 Å². The van der Waals surface area contributed by atoms with E-state index in [0.29, 0.717) is 36.0 Å². The Morgan fingerprint density at radius 1 is 0.935 bits per heavy atom. The molecule has 3 aromatic carbocycles. The molecule has 0 saturated heterocycles. The van der Waals surface area contributed by atoms with E-state index in [1.807, 2.05) is 36.4 Å². The summed E-state index contributed by atoms with van der Waals surface area (Å²) in [6.45, 7) is 4.61. The highest BCUT2D eigenvalue weighted by molar-refractivity contribution is 7.80. The lowest BCUT2D eigenvalue weighted by Crippen LogP contribution is -2.34. The van der Waals surface area contributed by atoms with Gasteiger partial charge < -0.3 is 14.8 Å². The second-order valence-corrected chi connectivity index (χ2v) is 7.05. The number of anilines is 1. The Bertz CT molecular complexity index is 1020. The van der Waals surface area contributed by atoms with Gasteiger partial charge in [-0.25, -0.2) is 0 Å². The van der Waals surface area contributed by atoms with Gasteiger partial charge in [0.2, 0.25) is 0 Å². The lowest BCUT2D eigenvalue weighted by molar-refractivity contribution is 0.0977. The summed E-state index contributed by atoms with van der Waals surface area (Å²) in [5.74, 6) is 1.10. The predicted octanol–water partition coefficient (Wildman–Crippen LogP) is 5.00. The van der Waals surface area contributed by atoms with Gasteiger partial charge >= 0.3 is 0 Å². The van der Waals surface area contributed by atoms with Crippen molar-refractivity contribution in [3.8, 4) is 11.5 Å². The van der Waals surface area contributed by atoms with Crippen molar-refractivity contribution in [1.29, 1.82) is 0 Å². The molecule has 0 spiro atoms. The smallest absolute Gasteiger partial charge is 0.257 e. The van der Waals surface area contributed by atoms with Crippen LogP contribution >= 0.6 is 12.2 Å². The van der Waals surface area contributed by atoms with E-state index in [2.05, 4.69) is 29.3 Å². The molecule has 0 atom stereocenters. The van der Waals surface area contributed by atoms with Crippen molar-refractivity contribution in [3.05, 3.63) is 103 Å². The highest BCUT2D eigenvalue weighted by atomic mass is 32.1. The first-order chi connectivity index (χ1) is 15.1. The Labute approximate surface area is 187 Å². The highest BCUT2D eigenvalue weighted by Crippen LogP contribution is 2.17. The van der Waals surface area contributed by atoms with Crippen LogP contribution in [0.4, 0.5) is 5.69 Å². The fraction of sp³-hybridized carbons (Fsp3) is 0.120. The summed E-state index contributed by atoms with van der Waals surface area (Å²) >= 11 is 5.25. The molecule has 158 valence electrons. The van der Waals surface area contributed by atoms with E-state index >= 15 is 0 Å². The first kappa shape index (κ1) is 22.1. The highest BCUT2D eigenvalue weighted by Gasteiger charge is 2.09. The summed E-state index contributed by atoms with van der Waals surface area (Å²) in [4.78, 5) is 12.4. The van der Waals surface area contributed by atoms with E-state index < -0.39 is 0 Å². The molecule has 31 heavy (non-hydrogen) atoms. The van der Waals surface area contributed by atoms with Crippen LogP contribution in [0.2, 0.25) is 0 Å². The number of carbonyl (C=O) groups is 1. The Morgan fingerprint density at radius 3 is 2.45 bits per heavy atom. The number of hydrogen-bond acceptors (Lipinski definition) is 4. The topological polar surface area (TPSA) is 59.6 Å². The molecule has 3 rings (SSSR count). The van der Waals surface area contributed by atoms with Crippen LogP contribution in [0.15, 0.2) is 91.5 Å². The van der Waals surface area contributed by atoms with Crippen molar-refractivity contribution >= 4 is 28.9 Å². The number of rotatable bonds is 9. The molecule has 0 heterocycles. The molecule has 0 radical (unpaired) electrons. The molecular formula is C25H24N2O3S. The standard InChI is InChI=1S/C25H24N2O3S/c1-2-16-29-23-10-6-9-21(18-23)26-25(31)27-24(28)20-11-13-22(14-12-20)30-17-15-19-7-4-3-5-8-19/h2-14,18H,1,15-17H2,(H2,26,27,28,31). The lowest BCUT2D eigenvalue weighted by Gasteiger charge is -2.11. The molecule has 0 aliphatic carbocycles. The number of hydrogen-bond donors (Lipinski definition) is 2. The third-order valence-corrected chi connectivity index (χ3v) is 4.51. The maximum absolute atomic E-state index is 12.4. The quantitative estimate of drug-likeness (QED) is 0.368. The summed E-state index contributed by atoms with van der Waals surface area (Å²) in [5.41, 5.74) is 2.42. The van der Waals surface area contributed by atoms with Crippen LogP contribution in [0, 0.1) is 0 Å². The Balaban J connectivity index is 1.47. The molecule has 0 fully saturated rings. The van der Waals surface area contributed by atoms with Crippen LogP contribution in [0.3, 0.4) is 0 Å². The van der Waals surface area contributed by atoms with Crippen molar-refractivity contribution < 1.29 is 14.3 Å². The van der Waals surface area contributed by atoms with Gasteiger partial charge in [0.15, 0.2) is 5.11 Å². The van der Waals surface area contributed by atoms with Gasteiger partial charge in [-0.3, -0.25) is 10.1 Å². The minimum absolute atomic E-state index is 0.203. The summed E-state index contributed by atoms with van der Waals surface area (Å²) in [6.07, 6.45) is 2.49. The molecule has 0 aliphatic rings. The summed E-state index contributed by atoms with van der Waals surface area (Å²) < 4.78 is 11.2. The number of amides is 1. The van der Waals surface area contributed by atoms with E-state index in [9.17, 15) is 4.79 Å². The van der Waals surface area contributed by atoms with Crippen LogP contribution in [-0.4, -0.2) is 24.2 Å². The van der Waals surface area contributed by atoms with Crippen molar-refractivity contribution in [2.24, 2.45) is 0 Å². The summed E-state index contributed by atoms with van der Waals surface area (Å²) in [5, 5.41) is 5.86. The molecule has 0 bridgehead atoms. The fourth-order valence-corrected chi connectivity index (χ4v) is 3.00. The minimum Gasteiger partial charge on any atom is -0.493 e. The second kappa shape index (κ2) is 11.5. The summed E-state index contributed by atoms with van der Waals surface area (Å²) in [7, 11) is 0. The molecule has 0 aromatic heterocycles. The van der Waals surface area contributed by atoms with Crippen LogP contribution in [0.25, 0.3) is 0 Å². The van der Waals surface area contributed by atoms with E-state index in [1.54, 1.807) is 36.4 Å². The number of thiocarbonyl (C=S) groups is 1. The van der Waals surface area contributed by atoms with Gasteiger partial charge in [0.05, 0.1) is 6.61 Å². The molecule has 3 aromatic rings. The fourth-order valence-electron chi connectivity index (χ4n) is 2.79. The zero-order valence-corrected chi connectivity index (χ0v) is 17.9. The molecular weight excluding hydrogens is 408 g/mol. The zero-order valence-electron chi connectivity index (χ0n) is 17.0. The second-order valence-electron chi connectivity index (χ2n) is 6.64. The van der Waals surface area contributed by atoms with Gasteiger partial charge in [-0.1, -0.05) is 49.1 Å². The number of carbonyl (C=O) groups excluding carboxylic acids is 1. The van der Waals surface area contributed by atoms with Crippen LogP contribution in [0.5, 0.6) is 11.5 Å². The molecule has 0 saturated carbocycles. The molecule has 6 heteroatoms. The van der Waals surface area contributed by atoms with Gasteiger partial charge in [0.25, 0.3) is 5.91 Å². The normalized spacial score (nSPS) is 10.1. The van der Waals surface area contributed by atoms with E-state index in [4.69, 9.17) is 21.7 Å². The SMILES string of the molecule is C=CCOc1cccc(NC(=S)NC(=O)c2ccc(OCCc3ccccc3)cc2)c1. The number of nitrogens with one attached hydrogen (secondary N) is 2. The molecule has 1 amide bonds. The first-order valence-electron chi connectivity index (χ1n) is 9.87.